The van der Waals surface area contributed by atoms with E-state index in [4.69, 9.17) is 4.74 Å². The number of thioether (sulfide) groups is 1. The van der Waals surface area contributed by atoms with Crippen LogP contribution in [0.5, 0.6) is 0 Å². The number of aliphatic hydroxyl groups excluding tert-OH is 1. The molecule has 1 N–H and O–H groups in total. The summed E-state index contributed by atoms with van der Waals surface area (Å²) in [6.45, 7) is 1.95. The van der Waals surface area contributed by atoms with Crippen LogP contribution in [0.4, 0.5) is 0 Å². The highest BCUT2D eigenvalue weighted by atomic mass is 32.2. The molecule has 0 aliphatic rings. The van der Waals surface area contributed by atoms with Crippen LogP contribution >= 0.6 is 11.8 Å². The van der Waals surface area contributed by atoms with Gasteiger partial charge in [0.25, 0.3) is 0 Å². The number of benzene rings is 1. The van der Waals surface area contributed by atoms with Crippen LogP contribution in [0.1, 0.15) is 13.3 Å². The Kier molecular flexibility index (Phi) is 5.01. The van der Waals surface area contributed by atoms with Gasteiger partial charge in [0.05, 0.1) is 6.10 Å². The fraction of sp³-hybridized carbons (Fsp3) is 0.455. The highest BCUT2D eigenvalue weighted by Gasteiger charge is 2.17. The second-order valence-electron chi connectivity index (χ2n) is 3.01. The lowest BCUT2D eigenvalue weighted by atomic mass is 10.3. The van der Waals surface area contributed by atoms with E-state index in [0.29, 0.717) is 6.42 Å². The van der Waals surface area contributed by atoms with Crippen LogP contribution < -0.4 is 0 Å². The van der Waals surface area contributed by atoms with Gasteiger partial charge in [0.1, 0.15) is 5.44 Å². The van der Waals surface area contributed by atoms with E-state index >= 15 is 0 Å². The van der Waals surface area contributed by atoms with Crippen molar-refractivity contribution >= 4 is 11.8 Å². The second kappa shape index (κ2) is 6.06. The van der Waals surface area contributed by atoms with E-state index in [1.807, 2.05) is 37.3 Å². The van der Waals surface area contributed by atoms with Crippen LogP contribution in [-0.4, -0.2) is 23.8 Å². The van der Waals surface area contributed by atoms with Crippen LogP contribution in [0.3, 0.4) is 0 Å². The standard InChI is InChI=1S/C11H16O2S/c1-3-10(12)11(13-2)14-9-7-5-4-6-8-9/h4-8,10-12H,3H2,1-2H3/t10-,11-/m0/s1. The first-order valence-corrected chi connectivity index (χ1v) is 5.58. The lowest BCUT2D eigenvalue weighted by Gasteiger charge is -2.19. The molecular weight excluding hydrogens is 196 g/mol. The molecule has 14 heavy (non-hydrogen) atoms. The van der Waals surface area contributed by atoms with Gasteiger partial charge in [0, 0.05) is 12.0 Å². The molecule has 0 saturated heterocycles. The van der Waals surface area contributed by atoms with Gasteiger partial charge in [-0.1, -0.05) is 36.9 Å². The summed E-state index contributed by atoms with van der Waals surface area (Å²) in [4.78, 5) is 1.12. The van der Waals surface area contributed by atoms with E-state index in [1.165, 1.54) is 0 Å². The minimum atomic E-state index is -0.412. The summed E-state index contributed by atoms with van der Waals surface area (Å²) in [7, 11) is 1.62. The smallest absolute Gasteiger partial charge is 0.133 e. The Morgan fingerprint density at radius 1 is 1.36 bits per heavy atom. The fourth-order valence-corrected chi connectivity index (χ4v) is 2.14. The summed E-state index contributed by atoms with van der Waals surface area (Å²) < 4.78 is 5.22. The average Bonchev–Trinajstić information content (AvgIpc) is 2.26. The minimum Gasteiger partial charge on any atom is -0.390 e. The first-order valence-electron chi connectivity index (χ1n) is 4.70. The van der Waals surface area contributed by atoms with Gasteiger partial charge in [-0.05, 0) is 18.6 Å². The van der Waals surface area contributed by atoms with Crippen molar-refractivity contribution in [2.45, 2.75) is 29.8 Å². The molecule has 1 aromatic carbocycles. The summed E-state index contributed by atoms with van der Waals surface area (Å²) in [5.74, 6) is 0. The molecule has 0 spiro atoms. The SMILES string of the molecule is CC[C@H](O)[C@@H](OC)Sc1ccccc1. The van der Waals surface area contributed by atoms with E-state index in [1.54, 1.807) is 18.9 Å². The zero-order valence-corrected chi connectivity index (χ0v) is 9.33. The molecular formula is C11H16O2S. The average molecular weight is 212 g/mol. The Hall–Kier alpha value is -0.510. The third kappa shape index (κ3) is 3.33. The topological polar surface area (TPSA) is 29.5 Å². The van der Waals surface area contributed by atoms with Crippen LogP contribution in [0, 0.1) is 0 Å². The molecule has 3 heteroatoms. The monoisotopic (exact) mass is 212 g/mol. The summed E-state index contributed by atoms with van der Waals surface area (Å²) >= 11 is 1.55. The first kappa shape index (κ1) is 11.6. The highest BCUT2D eigenvalue weighted by molar-refractivity contribution is 7.99. The molecule has 0 aliphatic carbocycles. The second-order valence-corrected chi connectivity index (χ2v) is 4.18. The Balaban J connectivity index is 2.57. The number of ether oxygens (including phenoxy) is 1. The summed E-state index contributed by atoms with van der Waals surface area (Å²) in [6, 6.07) is 9.96. The van der Waals surface area contributed by atoms with Crippen LogP contribution in [0.2, 0.25) is 0 Å². The summed E-state index contributed by atoms with van der Waals surface area (Å²) in [5, 5.41) is 9.63. The molecule has 2 atom stereocenters. The highest BCUT2D eigenvalue weighted by Crippen LogP contribution is 2.26. The molecule has 0 heterocycles. The summed E-state index contributed by atoms with van der Waals surface area (Å²) in [6.07, 6.45) is 0.295. The normalized spacial score (nSPS) is 15.1. The molecule has 0 aliphatic heterocycles. The number of hydrogen-bond acceptors (Lipinski definition) is 3. The van der Waals surface area contributed by atoms with Gasteiger partial charge >= 0.3 is 0 Å². The molecule has 0 saturated carbocycles. The number of rotatable bonds is 5. The Bertz CT molecular complexity index is 251. The van der Waals surface area contributed by atoms with Gasteiger partial charge in [-0.25, -0.2) is 0 Å². The van der Waals surface area contributed by atoms with Crippen molar-refractivity contribution in [3.8, 4) is 0 Å². The molecule has 78 valence electrons. The van der Waals surface area contributed by atoms with Crippen molar-refractivity contribution < 1.29 is 9.84 Å². The maximum Gasteiger partial charge on any atom is 0.133 e. The number of aliphatic hydroxyl groups is 1. The van der Waals surface area contributed by atoms with Gasteiger partial charge < -0.3 is 9.84 Å². The van der Waals surface area contributed by atoms with Crippen molar-refractivity contribution in [1.82, 2.24) is 0 Å². The zero-order valence-electron chi connectivity index (χ0n) is 8.51. The fourth-order valence-electron chi connectivity index (χ4n) is 1.11. The first-order chi connectivity index (χ1) is 6.77. The van der Waals surface area contributed by atoms with Crippen molar-refractivity contribution in [3.63, 3.8) is 0 Å². The quantitative estimate of drug-likeness (QED) is 0.600. The lowest BCUT2D eigenvalue weighted by molar-refractivity contribution is 0.0400. The van der Waals surface area contributed by atoms with Gasteiger partial charge in [-0.15, -0.1) is 0 Å². The van der Waals surface area contributed by atoms with Crippen LogP contribution in [0.15, 0.2) is 35.2 Å². The van der Waals surface area contributed by atoms with Gasteiger partial charge in [0.15, 0.2) is 0 Å². The zero-order chi connectivity index (χ0) is 10.4. The van der Waals surface area contributed by atoms with E-state index in [-0.39, 0.29) is 5.44 Å². The molecule has 0 amide bonds. The van der Waals surface area contributed by atoms with Crippen molar-refractivity contribution in [3.05, 3.63) is 30.3 Å². The largest absolute Gasteiger partial charge is 0.390 e. The molecule has 0 radical (unpaired) electrons. The third-order valence-corrected chi connectivity index (χ3v) is 3.24. The number of hydrogen-bond donors (Lipinski definition) is 1. The molecule has 0 fully saturated rings. The van der Waals surface area contributed by atoms with Crippen molar-refractivity contribution in [2.75, 3.05) is 7.11 Å². The van der Waals surface area contributed by atoms with E-state index < -0.39 is 6.10 Å². The van der Waals surface area contributed by atoms with Gasteiger partial charge in [0.2, 0.25) is 0 Å². The maximum atomic E-state index is 9.63. The summed E-state index contributed by atoms with van der Waals surface area (Å²) in [5.41, 5.74) is -0.178. The lowest BCUT2D eigenvalue weighted by Crippen LogP contribution is -2.23. The Morgan fingerprint density at radius 2 is 2.00 bits per heavy atom. The van der Waals surface area contributed by atoms with Crippen molar-refractivity contribution in [1.29, 1.82) is 0 Å². The number of methoxy groups -OCH3 is 1. The molecule has 0 bridgehead atoms. The maximum absolute atomic E-state index is 9.63. The van der Waals surface area contributed by atoms with E-state index in [9.17, 15) is 5.11 Å². The van der Waals surface area contributed by atoms with Crippen LogP contribution in [-0.2, 0) is 4.74 Å². The van der Waals surface area contributed by atoms with E-state index in [0.717, 1.165) is 4.90 Å². The Morgan fingerprint density at radius 3 is 2.50 bits per heavy atom. The van der Waals surface area contributed by atoms with Gasteiger partial charge in [-0.3, -0.25) is 0 Å². The molecule has 0 unspecified atom stereocenters. The molecule has 0 aromatic heterocycles. The third-order valence-electron chi connectivity index (χ3n) is 1.96. The molecule has 2 nitrogen and oxygen atoms in total. The van der Waals surface area contributed by atoms with Crippen molar-refractivity contribution in [2.24, 2.45) is 0 Å². The molecule has 1 aromatic rings. The predicted molar refractivity (Wildman–Crippen MR) is 59.4 cm³/mol. The molecule has 1 rings (SSSR count). The predicted octanol–water partition coefficient (Wildman–Crippen LogP) is 2.52. The minimum absolute atomic E-state index is 0.178. The van der Waals surface area contributed by atoms with Crippen LogP contribution in [0.25, 0.3) is 0 Å². The van der Waals surface area contributed by atoms with E-state index in [2.05, 4.69) is 0 Å². The Labute approximate surface area is 89.3 Å². The van der Waals surface area contributed by atoms with Gasteiger partial charge in [-0.2, -0.15) is 0 Å².